The minimum absolute atomic E-state index is 0.0578. The van der Waals surface area contributed by atoms with E-state index >= 15 is 0 Å². The lowest BCUT2D eigenvalue weighted by molar-refractivity contribution is -0.145. The second-order valence-electron chi connectivity index (χ2n) is 5.21. The van der Waals surface area contributed by atoms with E-state index in [4.69, 9.17) is 9.84 Å². The third kappa shape index (κ3) is 3.90. The fourth-order valence-corrected chi connectivity index (χ4v) is 2.03. The Hall–Kier alpha value is -1.69. The molecule has 1 atom stereocenters. The number of carbonyl (C=O) groups is 1. The summed E-state index contributed by atoms with van der Waals surface area (Å²) in [7, 11) is 1.30. The number of methoxy groups -OCH3 is 1. The predicted octanol–water partition coefficient (Wildman–Crippen LogP) is 0.847. The minimum Gasteiger partial charge on any atom is -0.467 e. The Morgan fingerprint density at radius 1 is 1.50 bits per heavy atom. The van der Waals surface area contributed by atoms with E-state index in [0.717, 1.165) is 0 Å². The first-order valence-electron chi connectivity index (χ1n) is 6.68. The van der Waals surface area contributed by atoms with E-state index in [1.54, 1.807) is 13.0 Å². The molecule has 0 amide bonds. The van der Waals surface area contributed by atoms with E-state index in [-0.39, 0.29) is 18.1 Å². The maximum atomic E-state index is 12.2. The normalized spacial score (nSPS) is 12.5. The Balaban J connectivity index is 3.30. The van der Waals surface area contributed by atoms with Gasteiger partial charge in [-0.05, 0) is 25.3 Å². The van der Waals surface area contributed by atoms with Gasteiger partial charge in [0, 0.05) is 18.6 Å². The number of hydrogen-bond acceptors (Lipinski definition) is 5. The molecule has 0 unspecified atom stereocenters. The number of esters is 1. The van der Waals surface area contributed by atoms with Crippen LogP contribution in [0, 0.1) is 12.8 Å². The fourth-order valence-electron chi connectivity index (χ4n) is 2.03. The monoisotopic (exact) mass is 282 g/mol. The van der Waals surface area contributed by atoms with E-state index in [0.29, 0.717) is 24.1 Å². The third-order valence-electron chi connectivity index (χ3n) is 3.00. The van der Waals surface area contributed by atoms with Gasteiger partial charge in [0.25, 0.3) is 5.56 Å². The second kappa shape index (κ2) is 7.19. The van der Waals surface area contributed by atoms with Gasteiger partial charge in [-0.1, -0.05) is 13.8 Å². The molecule has 1 aromatic rings. The molecule has 0 aromatic carbocycles. The molecule has 0 bridgehead atoms. The largest absolute Gasteiger partial charge is 0.467 e. The summed E-state index contributed by atoms with van der Waals surface area (Å²) < 4.78 is 5.96. The molecule has 20 heavy (non-hydrogen) atoms. The van der Waals surface area contributed by atoms with Crippen molar-refractivity contribution in [3.63, 3.8) is 0 Å². The zero-order valence-electron chi connectivity index (χ0n) is 12.4. The lowest BCUT2D eigenvalue weighted by atomic mass is 10.0. The summed E-state index contributed by atoms with van der Waals surface area (Å²) in [5.41, 5.74) is 0.783. The molecule has 0 fully saturated rings. The minimum atomic E-state index is -0.732. The molecular weight excluding hydrogens is 260 g/mol. The summed E-state index contributed by atoms with van der Waals surface area (Å²) in [6.45, 7) is 5.54. The summed E-state index contributed by atoms with van der Waals surface area (Å²) in [5.74, 6) is -0.261. The van der Waals surface area contributed by atoms with Crippen LogP contribution in [0.3, 0.4) is 0 Å². The molecule has 1 heterocycles. The Morgan fingerprint density at radius 2 is 2.15 bits per heavy atom. The highest BCUT2D eigenvalue weighted by atomic mass is 16.5. The number of rotatable bonds is 6. The first-order chi connectivity index (χ1) is 9.40. The lowest BCUT2D eigenvalue weighted by Crippen LogP contribution is -2.35. The van der Waals surface area contributed by atoms with Gasteiger partial charge in [-0.2, -0.15) is 5.10 Å². The summed E-state index contributed by atoms with van der Waals surface area (Å²) in [6, 6.07) is 0.906. The molecule has 1 N–H and O–H groups in total. The molecule has 0 aliphatic rings. The van der Waals surface area contributed by atoms with Crippen molar-refractivity contribution in [1.82, 2.24) is 9.78 Å². The molecule has 0 aliphatic heterocycles. The molecule has 1 aromatic heterocycles. The van der Waals surface area contributed by atoms with Gasteiger partial charge in [-0.3, -0.25) is 4.79 Å². The smallest absolute Gasteiger partial charge is 0.330 e. The van der Waals surface area contributed by atoms with Crippen LogP contribution in [0.5, 0.6) is 0 Å². The lowest BCUT2D eigenvalue weighted by Gasteiger charge is -2.19. The van der Waals surface area contributed by atoms with Crippen molar-refractivity contribution in [3.8, 4) is 0 Å². The molecule has 0 spiro atoms. The van der Waals surface area contributed by atoms with Crippen molar-refractivity contribution < 1.29 is 14.6 Å². The third-order valence-corrected chi connectivity index (χ3v) is 3.00. The maximum Gasteiger partial charge on any atom is 0.330 e. The van der Waals surface area contributed by atoms with Crippen molar-refractivity contribution in [1.29, 1.82) is 0 Å². The van der Waals surface area contributed by atoms with Gasteiger partial charge < -0.3 is 9.84 Å². The number of aryl methyl sites for hydroxylation is 1. The van der Waals surface area contributed by atoms with Crippen LogP contribution in [0.25, 0.3) is 0 Å². The number of aromatic nitrogens is 2. The number of nitrogens with zero attached hydrogens (tertiary/aromatic N) is 2. The van der Waals surface area contributed by atoms with Crippen LogP contribution in [-0.2, 0) is 16.0 Å². The van der Waals surface area contributed by atoms with Crippen LogP contribution in [0.15, 0.2) is 10.9 Å². The number of hydrogen-bond donors (Lipinski definition) is 1. The van der Waals surface area contributed by atoms with Crippen molar-refractivity contribution in [2.75, 3.05) is 13.7 Å². The first kappa shape index (κ1) is 16.4. The molecular formula is C14H22N2O4. The number of carbonyl (C=O) groups excluding carboxylic acids is 1. The zero-order valence-corrected chi connectivity index (χ0v) is 12.4. The predicted molar refractivity (Wildman–Crippen MR) is 74.5 cm³/mol. The number of aliphatic hydroxyl groups excluding tert-OH is 1. The number of aliphatic hydroxyl groups is 1. The first-order valence-corrected chi connectivity index (χ1v) is 6.68. The Morgan fingerprint density at radius 3 is 2.65 bits per heavy atom. The van der Waals surface area contributed by atoms with E-state index in [9.17, 15) is 9.59 Å². The summed E-state index contributed by atoms with van der Waals surface area (Å²) in [6.07, 6.45) is 0.818. The molecule has 0 saturated heterocycles. The Labute approximate surface area is 118 Å². The Kier molecular flexibility index (Phi) is 5.88. The molecule has 6 heteroatoms. The van der Waals surface area contributed by atoms with Crippen LogP contribution in [0.2, 0.25) is 0 Å². The summed E-state index contributed by atoms with van der Waals surface area (Å²) in [4.78, 5) is 24.1. The van der Waals surface area contributed by atoms with Gasteiger partial charge in [0.2, 0.25) is 0 Å². The maximum absolute atomic E-state index is 12.2. The summed E-state index contributed by atoms with van der Waals surface area (Å²) >= 11 is 0. The average Bonchev–Trinajstić information content (AvgIpc) is 2.39. The highest BCUT2D eigenvalue weighted by Crippen LogP contribution is 2.17. The SMILES string of the molecule is COC(=O)[C@H](CC(C)C)n1nc(CCO)cc(C)c1=O. The van der Waals surface area contributed by atoms with E-state index < -0.39 is 12.0 Å². The van der Waals surface area contributed by atoms with E-state index in [1.807, 2.05) is 13.8 Å². The Bertz CT molecular complexity index is 522. The zero-order chi connectivity index (χ0) is 15.3. The van der Waals surface area contributed by atoms with Crippen LogP contribution in [0.1, 0.15) is 37.6 Å². The summed E-state index contributed by atoms with van der Waals surface area (Å²) in [5, 5.41) is 13.2. The van der Waals surface area contributed by atoms with Crippen LogP contribution < -0.4 is 5.56 Å². The van der Waals surface area contributed by atoms with Crippen molar-refractivity contribution in [2.45, 2.75) is 39.7 Å². The molecule has 1 rings (SSSR count). The van der Waals surface area contributed by atoms with Gasteiger partial charge in [-0.25, -0.2) is 9.48 Å². The molecule has 0 aliphatic carbocycles. The second-order valence-corrected chi connectivity index (χ2v) is 5.21. The van der Waals surface area contributed by atoms with Gasteiger partial charge >= 0.3 is 5.97 Å². The topological polar surface area (TPSA) is 81.4 Å². The highest BCUT2D eigenvalue weighted by Gasteiger charge is 2.25. The van der Waals surface area contributed by atoms with Gasteiger partial charge in [0.1, 0.15) is 0 Å². The van der Waals surface area contributed by atoms with Gasteiger partial charge in [0.15, 0.2) is 6.04 Å². The van der Waals surface area contributed by atoms with E-state index in [2.05, 4.69) is 5.10 Å². The molecule has 0 radical (unpaired) electrons. The molecule has 6 nitrogen and oxygen atoms in total. The average molecular weight is 282 g/mol. The van der Waals surface area contributed by atoms with Crippen molar-refractivity contribution >= 4 is 5.97 Å². The fraction of sp³-hybridized carbons (Fsp3) is 0.643. The van der Waals surface area contributed by atoms with Crippen molar-refractivity contribution in [3.05, 3.63) is 27.7 Å². The van der Waals surface area contributed by atoms with Gasteiger partial charge in [-0.15, -0.1) is 0 Å². The quantitative estimate of drug-likeness (QED) is 0.782. The van der Waals surface area contributed by atoms with Crippen LogP contribution in [0.4, 0.5) is 0 Å². The van der Waals surface area contributed by atoms with Crippen LogP contribution in [-0.4, -0.2) is 34.6 Å². The van der Waals surface area contributed by atoms with Gasteiger partial charge in [0.05, 0.1) is 12.8 Å². The number of ether oxygens (including phenoxy) is 1. The standard InChI is InChI=1S/C14H22N2O4/c1-9(2)7-12(14(19)20-4)16-13(18)10(3)8-11(15-16)5-6-17/h8-9,12,17H,5-7H2,1-4H3/t12-/m0/s1. The molecule has 0 saturated carbocycles. The van der Waals surface area contributed by atoms with Crippen LogP contribution >= 0.6 is 0 Å². The van der Waals surface area contributed by atoms with Crippen molar-refractivity contribution in [2.24, 2.45) is 5.92 Å². The molecule has 112 valence electrons. The van der Waals surface area contributed by atoms with E-state index in [1.165, 1.54) is 11.8 Å². The highest BCUT2D eigenvalue weighted by molar-refractivity contribution is 5.73.